The molecule has 3 heteroatoms. The number of likely N-dealkylation sites (N-methyl/N-ethyl adjacent to an activating group) is 2. The predicted molar refractivity (Wildman–Crippen MR) is 77.2 cm³/mol. The molecule has 19 heavy (non-hydrogen) atoms. The summed E-state index contributed by atoms with van der Waals surface area (Å²) >= 11 is 0. The number of nitrogens with zero attached hydrogens (tertiary/aromatic N) is 2. The number of amides is 1. The lowest BCUT2D eigenvalue weighted by Gasteiger charge is -2.54. The fourth-order valence-electron chi connectivity index (χ4n) is 4.28. The van der Waals surface area contributed by atoms with Crippen molar-refractivity contribution in [1.82, 2.24) is 4.90 Å². The number of piperidine rings is 1. The molecule has 1 fully saturated rings. The van der Waals surface area contributed by atoms with Crippen LogP contribution < -0.4 is 4.90 Å². The summed E-state index contributed by atoms with van der Waals surface area (Å²) in [4.78, 5) is 16.5. The molecule has 0 radical (unpaired) electrons. The van der Waals surface area contributed by atoms with Gasteiger partial charge in [-0.1, -0.05) is 32.0 Å². The van der Waals surface area contributed by atoms with E-state index < -0.39 is 0 Å². The Morgan fingerprint density at radius 2 is 1.79 bits per heavy atom. The number of carbonyl (C=O) groups is 1. The van der Waals surface area contributed by atoms with Gasteiger partial charge in [0.1, 0.15) is 5.66 Å². The van der Waals surface area contributed by atoms with Crippen LogP contribution >= 0.6 is 0 Å². The Hall–Kier alpha value is -1.51. The molecular weight excluding hydrogens is 236 g/mol. The van der Waals surface area contributed by atoms with Gasteiger partial charge in [0, 0.05) is 31.6 Å². The zero-order valence-corrected chi connectivity index (χ0v) is 12.2. The number of fused-ring (bicyclic) bond motifs is 1. The highest BCUT2D eigenvalue weighted by atomic mass is 16.2. The third-order valence-electron chi connectivity index (χ3n) is 5.34. The summed E-state index contributed by atoms with van der Waals surface area (Å²) < 4.78 is 0. The van der Waals surface area contributed by atoms with E-state index in [1.54, 1.807) is 0 Å². The lowest BCUT2D eigenvalue weighted by atomic mass is 9.71. The van der Waals surface area contributed by atoms with Gasteiger partial charge < -0.3 is 9.80 Å². The molecule has 0 aromatic heterocycles. The Morgan fingerprint density at radius 1 is 1.11 bits per heavy atom. The maximum absolute atomic E-state index is 12.2. The van der Waals surface area contributed by atoms with Crippen LogP contribution in [0, 0.1) is 0 Å². The minimum atomic E-state index is -0.216. The summed E-state index contributed by atoms with van der Waals surface area (Å²) in [6.07, 6.45) is 2.69. The van der Waals surface area contributed by atoms with E-state index >= 15 is 0 Å². The minimum absolute atomic E-state index is 0.0524. The lowest BCUT2D eigenvalue weighted by Crippen LogP contribution is -2.67. The Morgan fingerprint density at radius 3 is 2.47 bits per heavy atom. The van der Waals surface area contributed by atoms with Gasteiger partial charge in [0.2, 0.25) is 5.91 Å². The zero-order chi connectivity index (χ0) is 13.8. The van der Waals surface area contributed by atoms with Crippen LogP contribution in [0.2, 0.25) is 0 Å². The molecule has 1 atom stereocenters. The van der Waals surface area contributed by atoms with Crippen LogP contribution in [0.1, 0.15) is 38.7 Å². The maximum atomic E-state index is 12.2. The topological polar surface area (TPSA) is 23.6 Å². The van der Waals surface area contributed by atoms with E-state index in [-0.39, 0.29) is 17.0 Å². The van der Waals surface area contributed by atoms with Gasteiger partial charge in [-0.2, -0.15) is 0 Å². The van der Waals surface area contributed by atoms with E-state index in [2.05, 4.69) is 50.1 Å². The third-order valence-corrected chi connectivity index (χ3v) is 5.34. The number of likely N-dealkylation sites (tertiary alicyclic amines) is 1. The highest BCUT2D eigenvalue weighted by Gasteiger charge is 2.59. The number of rotatable bonds is 0. The van der Waals surface area contributed by atoms with Crippen LogP contribution in [0.5, 0.6) is 0 Å². The van der Waals surface area contributed by atoms with E-state index in [0.717, 1.165) is 12.8 Å². The van der Waals surface area contributed by atoms with Crippen molar-refractivity contribution in [3.8, 4) is 0 Å². The first-order valence-corrected chi connectivity index (χ1v) is 7.03. The van der Waals surface area contributed by atoms with Crippen molar-refractivity contribution in [3.05, 3.63) is 29.8 Å². The monoisotopic (exact) mass is 258 g/mol. The van der Waals surface area contributed by atoms with Gasteiger partial charge in [-0.3, -0.25) is 4.79 Å². The molecule has 1 unspecified atom stereocenters. The van der Waals surface area contributed by atoms with E-state index in [1.807, 2.05) is 11.9 Å². The summed E-state index contributed by atoms with van der Waals surface area (Å²) in [5, 5.41) is 0. The van der Waals surface area contributed by atoms with Gasteiger partial charge in [0.05, 0.1) is 0 Å². The van der Waals surface area contributed by atoms with Crippen molar-refractivity contribution in [2.75, 3.05) is 19.0 Å². The molecule has 1 aromatic carbocycles. The summed E-state index contributed by atoms with van der Waals surface area (Å²) in [6, 6.07) is 8.54. The van der Waals surface area contributed by atoms with Gasteiger partial charge in [0.15, 0.2) is 0 Å². The van der Waals surface area contributed by atoms with Crippen LogP contribution in [0.3, 0.4) is 0 Å². The van der Waals surface area contributed by atoms with E-state index in [0.29, 0.717) is 6.42 Å². The van der Waals surface area contributed by atoms with Crippen molar-refractivity contribution in [2.45, 2.75) is 44.2 Å². The first-order chi connectivity index (χ1) is 8.93. The van der Waals surface area contributed by atoms with Gasteiger partial charge in [0.25, 0.3) is 0 Å². The first kappa shape index (κ1) is 12.5. The second-order valence-electron chi connectivity index (χ2n) is 6.32. The number of hydrogen-bond acceptors (Lipinski definition) is 2. The quantitative estimate of drug-likeness (QED) is 0.714. The molecular formula is C16H22N2O. The Kier molecular flexibility index (Phi) is 2.47. The molecule has 1 saturated heterocycles. The summed E-state index contributed by atoms with van der Waals surface area (Å²) in [5.74, 6) is 0.263. The van der Waals surface area contributed by atoms with Gasteiger partial charge in [-0.25, -0.2) is 0 Å². The minimum Gasteiger partial charge on any atom is -0.351 e. The SMILES string of the molecule is CN1C(=O)CCCC12N(C)c1ccccc1C2(C)C. The molecule has 3 nitrogen and oxygen atoms in total. The molecule has 3 rings (SSSR count). The summed E-state index contributed by atoms with van der Waals surface area (Å²) in [6.45, 7) is 4.54. The molecule has 2 aliphatic rings. The number of benzene rings is 1. The van der Waals surface area contributed by atoms with Crippen molar-refractivity contribution in [3.63, 3.8) is 0 Å². The maximum Gasteiger partial charge on any atom is 0.224 e. The second-order valence-corrected chi connectivity index (χ2v) is 6.32. The van der Waals surface area contributed by atoms with Crippen molar-refractivity contribution < 1.29 is 4.79 Å². The molecule has 1 aromatic rings. The molecule has 0 N–H and O–H groups in total. The van der Waals surface area contributed by atoms with Crippen LogP contribution in [-0.4, -0.2) is 30.6 Å². The highest BCUT2D eigenvalue weighted by molar-refractivity contribution is 5.80. The zero-order valence-electron chi connectivity index (χ0n) is 12.2. The summed E-state index contributed by atoms with van der Waals surface area (Å²) in [5.41, 5.74) is 2.34. The third kappa shape index (κ3) is 1.31. The smallest absolute Gasteiger partial charge is 0.224 e. The molecule has 2 aliphatic heterocycles. The van der Waals surface area contributed by atoms with Gasteiger partial charge >= 0.3 is 0 Å². The molecule has 2 heterocycles. The van der Waals surface area contributed by atoms with Crippen LogP contribution in [0.15, 0.2) is 24.3 Å². The van der Waals surface area contributed by atoms with Crippen LogP contribution in [0.25, 0.3) is 0 Å². The first-order valence-electron chi connectivity index (χ1n) is 7.03. The van der Waals surface area contributed by atoms with Gasteiger partial charge in [-0.15, -0.1) is 0 Å². The van der Waals surface area contributed by atoms with E-state index in [1.165, 1.54) is 11.3 Å². The predicted octanol–water partition coefficient (Wildman–Crippen LogP) is 2.75. The number of anilines is 1. The number of carbonyl (C=O) groups excluding carboxylic acids is 1. The number of hydrogen-bond donors (Lipinski definition) is 0. The molecule has 1 spiro atoms. The average Bonchev–Trinajstić information content (AvgIpc) is 2.56. The highest BCUT2D eigenvalue weighted by Crippen LogP contribution is 2.55. The van der Waals surface area contributed by atoms with Crippen molar-refractivity contribution >= 4 is 11.6 Å². The van der Waals surface area contributed by atoms with E-state index in [9.17, 15) is 4.79 Å². The lowest BCUT2D eigenvalue weighted by molar-refractivity contribution is -0.142. The Labute approximate surface area is 115 Å². The van der Waals surface area contributed by atoms with Crippen molar-refractivity contribution in [2.24, 2.45) is 0 Å². The van der Waals surface area contributed by atoms with Crippen LogP contribution in [0.4, 0.5) is 5.69 Å². The standard InChI is InChI=1S/C16H22N2O/c1-15(2)12-8-5-6-9-13(12)17(3)16(15)11-7-10-14(19)18(16)4/h5-6,8-9H,7,10-11H2,1-4H3. The Bertz CT molecular complexity index is 537. The fourth-order valence-corrected chi connectivity index (χ4v) is 4.28. The molecule has 0 bridgehead atoms. The Balaban J connectivity index is 2.21. The van der Waals surface area contributed by atoms with Crippen molar-refractivity contribution in [1.29, 1.82) is 0 Å². The van der Waals surface area contributed by atoms with Gasteiger partial charge in [-0.05, 0) is 24.5 Å². The summed E-state index contributed by atoms with van der Waals surface area (Å²) in [7, 11) is 4.09. The molecule has 102 valence electrons. The average molecular weight is 258 g/mol. The fraction of sp³-hybridized carbons (Fsp3) is 0.562. The molecule has 1 amide bonds. The number of para-hydroxylation sites is 1. The second kappa shape index (κ2) is 3.75. The van der Waals surface area contributed by atoms with Crippen LogP contribution in [-0.2, 0) is 10.2 Å². The normalized spacial score (nSPS) is 28.9. The van der Waals surface area contributed by atoms with E-state index in [4.69, 9.17) is 0 Å². The molecule has 0 aliphatic carbocycles. The largest absolute Gasteiger partial charge is 0.351 e. The molecule has 0 saturated carbocycles.